The molecule has 0 aliphatic carbocycles. The van der Waals surface area contributed by atoms with Crippen molar-refractivity contribution in [3.63, 3.8) is 0 Å². The number of hydrogen-bond acceptors (Lipinski definition) is 4. The molecule has 1 aliphatic heterocycles. The van der Waals surface area contributed by atoms with Gasteiger partial charge >= 0.3 is 0 Å². The molecule has 0 bridgehead atoms. The van der Waals surface area contributed by atoms with E-state index in [0.29, 0.717) is 12.8 Å². The molecule has 0 spiro atoms. The maximum absolute atomic E-state index is 12.4. The van der Waals surface area contributed by atoms with Crippen LogP contribution in [0.2, 0.25) is 0 Å². The number of piperazine rings is 1. The molecule has 31 heavy (non-hydrogen) atoms. The van der Waals surface area contributed by atoms with Gasteiger partial charge < -0.3 is 21.7 Å². The Kier molecular flexibility index (Phi) is 9.74. The summed E-state index contributed by atoms with van der Waals surface area (Å²) >= 11 is 0. The summed E-state index contributed by atoms with van der Waals surface area (Å²) in [4.78, 5) is 48.8. The van der Waals surface area contributed by atoms with Crippen LogP contribution < -0.4 is 21.7 Å². The number of hydrogen-bond donors (Lipinski definition) is 4. The average molecular weight is 429 g/mol. The van der Waals surface area contributed by atoms with Crippen LogP contribution in [0.3, 0.4) is 0 Å². The number of primary amides is 1. The number of nitrogens with one attached hydrogen (secondary N) is 3. The van der Waals surface area contributed by atoms with E-state index < -0.39 is 35.8 Å². The molecule has 1 aromatic carbocycles. The molecular weight excluding hydrogens is 396 g/mol. The van der Waals surface area contributed by atoms with E-state index >= 15 is 0 Å². The molecule has 0 saturated carbocycles. The van der Waals surface area contributed by atoms with Gasteiger partial charge in [-0.2, -0.15) is 0 Å². The lowest BCUT2D eigenvalue weighted by Crippen LogP contribution is -2.63. The molecule has 0 aromatic heterocycles. The van der Waals surface area contributed by atoms with E-state index in [-0.39, 0.29) is 12.3 Å². The van der Waals surface area contributed by atoms with E-state index in [4.69, 9.17) is 5.73 Å². The Morgan fingerprint density at radius 1 is 1.03 bits per heavy atom. The third kappa shape index (κ3) is 8.24. The average Bonchev–Trinajstić information content (AvgIpc) is 2.74. The normalized spacial score (nSPS) is 19.1. The molecular formula is C23H32N4O4. The lowest BCUT2D eigenvalue weighted by atomic mass is 10.0. The number of amides is 4. The fourth-order valence-electron chi connectivity index (χ4n) is 3.53. The van der Waals surface area contributed by atoms with Crippen LogP contribution in [0.25, 0.3) is 0 Å². The van der Waals surface area contributed by atoms with Gasteiger partial charge in [0.05, 0.1) is 6.42 Å². The topological polar surface area (TPSA) is 130 Å². The quantitative estimate of drug-likeness (QED) is 0.277. The molecule has 1 heterocycles. The standard InChI is InChI=1S/C23H32N4O4/c1-2-3-4-5-6-10-13-17(21(24)29)25-20(28)15-19-23(31)26-18(22(30)27-19)14-16-11-8-7-9-12-16/h2,7-9,11-12,17-19H,1,3-6,10,13-15H2,(H2,24,29)(H,25,28)(H,26,31)(H,27,30)/t17-,18-,19-/m0/s1. The Bertz CT molecular complexity index is 781. The summed E-state index contributed by atoms with van der Waals surface area (Å²) in [5, 5.41) is 7.87. The van der Waals surface area contributed by atoms with E-state index in [1.54, 1.807) is 0 Å². The lowest BCUT2D eigenvalue weighted by Gasteiger charge is -2.29. The van der Waals surface area contributed by atoms with Gasteiger partial charge in [0.25, 0.3) is 0 Å². The second kappa shape index (κ2) is 12.5. The van der Waals surface area contributed by atoms with Crippen molar-refractivity contribution >= 4 is 23.6 Å². The summed E-state index contributed by atoms with van der Waals surface area (Å²) in [6.07, 6.45) is 7.13. The highest BCUT2D eigenvalue weighted by atomic mass is 16.2. The van der Waals surface area contributed by atoms with Crippen LogP contribution in [-0.2, 0) is 25.6 Å². The minimum atomic E-state index is -0.980. The molecule has 168 valence electrons. The van der Waals surface area contributed by atoms with Crippen LogP contribution in [-0.4, -0.2) is 41.8 Å². The van der Waals surface area contributed by atoms with Crippen LogP contribution in [0.4, 0.5) is 0 Å². The first kappa shape index (κ1) is 24.1. The van der Waals surface area contributed by atoms with Crippen molar-refractivity contribution < 1.29 is 19.2 Å². The van der Waals surface area contributed by atoms with Gasteiger partial charge in [-0.25, -0.2) is 0 Å². The maximum atomic E-state index is 12.4. The highest BCUT2D eigenvalue weighted by Crippen LogP contribution is 2.10. The molecule has 1 aliphatic rings. The number of benzene rings is 1. The second-order valence-electron chi connectivity index (χ2n) is 7.82. The Labute approximate surface area is 183 Å². The molecule has 8 heteroatoms. The van der Waals surface area contributed by atoms with Crippen molar-refractivity contribution in [3.8, 4) is 0 Å². The van der Waals surface area contributed by atoms with Crippen LogP contribution in [0, 0.1) is 0 Å². The molecule has 1 saturated heterocycles. The zero-order valence-electron chi connectivity index (χ0n) is 17.8. The largest absolute Gasteiger partial charge is 0.368 e. The van der Waals surface area contributed by atoms with Gasteiger partial charge in [0.15, 0.2) is 0 Å². The highest BCUT2D eigenvalue weighted by Gasteiger charge is 2.35. The van der Waals surface area contributed by atoms with Crippen LogP contribution >= 0.6 is 0 Å². The Hall–Kier alpha value is -3.16. The van der Waals surface area contributed by atoms with E-state index in [0.717, 1.165) is 37.7 Å². The van der Waals surface area contributed by atoms with Gasteiger partial charge in [-0.05, 0) is 24.8 Å². The van der Waals surface area contributed by atoms with Crippen LogP contribution in [0.15, 0.2) is 43.0 Å². The number of nitrogens with two attached hydrogens (primary N) is 1. The van der Waals surface area contributed by atoms with Crippen LogP contribution in [0.1, 0.15) is 50.5 Å². The van der Waals surface area contributed by atoms with E-state index in [2.05, 4.69) is 22.5 Å². The highest BCUT2D eigenvalue weighted by molar-refractivity contribution is 5.99. The van der Waals surface area contributed by atoms with E-state index in [1.807, 2.05) is 36.4 Å². The predicted octanol–water partition coefficient (Wildman–Crippen LogP) is 1.10. The van der Waals surface area contributed by atoms with E-state index in [9.17, 15) is 19.2 Å². The number of allylic oxidation sites excluding steroid dienone is 1. The monoisotopic (exact) mass is 428 g/mol. The Balaban J connectivity index is 1.79. The maximum Gasteiger partial charge on any atom is 0.243 e. The third-order valence-corrected chi connectivity index (χ3v) is 5.27. The molecule has 0 unspecified atom stereocenters. The summed E-state index contributed by atoms with van der Waals surface area (Å²) in [6, 6.07) is 6.90. The molecule has 5 N–H and O–H groups in total. The zero-order valence-corrected chi connectivity index (χ0v) is 17.8. The van der Waals surface area contributed by atoms with Gasteiger partial charge in [-0.15, -0.1) is 6.58 Å². The minimum absolute atomic E-state index is 0.251. The Morgan fingerprint density at radius 2 is 1.68 bits per heavy atom. The van der Waals surface area contributed by atoms with Gasteiger partial charge in [0.2, 0.25) is 23.6 Å². The summed E-state index contributed by atoms with van der Waals surface area (Å²) in [7, 11) is 0. The number of rotatable bonds is 13. The van der Waals surface area contributed by atoms with Gasteiger partial charge in [-0.3, -0.25) is 19.2 Å². The zero-order chi connectivity index (χ0) is 22.6. The van der Waals surface area contributed by atoms with Gasteiger partial charge in [-0.1, -0.05) is 55.7 Å². The fourth-order valence-corrected chi connectivity index (χ4v) is 3.53. The molecule has 3 atom stereocenters. The third-order valence-electron chi connectivity index (χ3n) is 5.27. The van der Waals surface area contributed by atoms with Gasteiger partial charge in [0, 0.05) is 6.42 Å². The van der Waals surface area contributed by atoms with Crippen molar-refractivity contribution in [1.82, 2.24) is 16.0 Å². The van der Waals surface area contributed by atoms with Crippen molar-refractivity contribution in [1.29, 1.82) is 0 Å². The smallest absolute Gasteiger partial charge is 0.243 e. The summed E-state index contributed by atoms with van der Waals surface area (Å²) in [5.74, 6) is -1.88. The lowest BCUT2D eigenvalue weighted by molar-refractivity contribution is -0.138. The molecule has 1 aromatic rings. The van der Waals surface area contributed by atoms with Gasteiger partial charge in [0.1, 0.15) is 18.1 Å². The van der Waals surface area contributed by atoms with Crippen molar-refractivity contribution in [2.75, 3.05) is 0 Å². The van der Waals surface area contributed by atoms with Crippen molar-refractivity contribution in [3.05, 3.63) is 48.6 Å². The summed E-state index contributed by atoms with van der Waals surface area (Å²) < 4.78 is 0. The molecule has 2 rings (SSSR count). The summed E-state index contributed by atoms with van der Waals surface area (Å²) in [5.41, 5.74) is 6.33. The minimum Gasteiger partial charge on any atom is -0.368 e. The number of unbranched alkanes of at least 4 members (excludes halogenated alkanes) is 4. The predicted molar refractivity (Wildman–Crippen MR) is 118 cm³/mol. The SMILES string of the molecule is C=CCCCCCC[C@H](NC(=O)C[C@@H]1NC(=O)[C@H](Cc2ccccc2)NC1=O)C(N)=O. The molecule has 0 radical (unpaired) electrons. The molecule has 8 nitrogen and oxygen atoms in total. The fraction of sp³-hybridized carbons (Fsp3) is 0.478. The summed E-state index contributed by atoms with van der Waals surface area (Å²) in [6.45, 7) is 3.68. The van der Waals surface area contributed by atoms with Crippen molar-refractivity contribution in [2.45, 2.75) is 69.5 Å². The second-order valence-corrected chi connectivity index (χ2v) is 7.82. The van der Waals surface area contributed by atoms with E-state index in [1.165, 1.54) is 0 Å². The first-order chi connectivity index (χ1) is 14.9. The number of carbonyl (C=O) groups excluding carboxylic acids is 4. The molecule has 1 fully saturated rings. The number of carbonyl (C=O) groups is 4. The van der Waals surface area contributed by atoms with Crippen LogP contribution in [0.5, 0.6) is 0 Å². The Morgan fingerprint density at radius 3 is 2.35 bits per heavy atom. The molecule has 4 amide bonds. The first-order valence-corrected chi connectivity index (χ1v) is 10.7. The van der Waals surface area contributed by atoms with Crippen molar-refractivity contribution in [2.24, 2.45) is 5.73 Å². The first-order valence-electron chi connectivity index (χ1n) is 10.7.